The molecule has 1 saturated heterocycles. The van der Waals surface area contributed by atoms with Gasteiger partial charge in [-0.25, -0.2) is 0 Å². The first-order chi connectivity index (χ1) is 9.66. The van der Waals surface area contributed by atoms with Crippen LogP contribution in [0.1, 0.15) is 18.4 Å². The van der Waals surface area contributed by atoms with Crippen LogP contribution in [0.5, 0.6) is 0 Å². The molecule has 110 valence electrons. The summed E-state index contributed by atoms with van der Waals surface area (Å²) in [6.07, 6.45) is 3.00. The van der Waals surface area contributed by atoms with Crippen molar-refractivity contribution in [3.05, 3.63) is 29.8 Å². The van der Waals surface area contributed by atoms with Gasteiger partial charge in [0, 0.05) is 32.9 Å². The maximum atomic E-state index is 12.0. The van der Waals surface area contributed by atoms with E-state index in [1.807, 2.05) is 14.1 Å². The van der Waals surface area contributed by atoms with E-state index in [1.165, 1.54) is 11.3 Å². The zero-order chi connectivity index (χ0) is 14.4. The maximum absolute atomic E-state index is 12.0. The van der Waals surface area contributed by atoms with Gasteiger partial charge in [0.1, 0.15) is 0 Å². The standard InChI is InChI=1S/C16H25N3O/c1-19(2)15-7-5-13(6-8-15)9-11-18-16(20)14-4-3-10-17-12-14/h5-8,14,17H,3-4,9-12H2,1-2H3,(H,18,20). The Labute approximate surface area is 121 Å². The van der Waals surface area contributed by atoms with E-state index in [0.29, 0.717) is 0 Å². The molecule has 0 spiro atoms. The number of hydrogen-bond donors (Lipinski definition) is 2. The summed E-state index contributed by atoms with van der Waals surface area (Å²) in [5.41, 5.74) is 2.46. The zero-order valence-corrected chi connectivity index (χ0v) is 12.5. The van der Waals surface area contributed by atoms with E-state index in [4.69, 9.17) is 0 Å². The van der Waals surface area contributed by atoms with Gasteiger partial charge in [-0.1, -0.05) is 12.1 Å². The lowest BCUT2D eigenvalue weighted by molar-refractivity contribution is -0.125. The highest BCUT2D eigenvalue weighted by Gasteiger charge is 2.19. The number of benzene rings is 1. The minimum Gasteiger partial charge on any atom is -0.378 e. The van der Waals surface area contributed by atoms with E-state index in [2.05, 4.69) is 39.8 Å². The summed E-state index contributed by atoms with van der Waals surface area (Å²) in [7, 11) is 4.07. The van der Waals surface area contributed by atoms with Crippen LogP contribution in [-0.4, -0.2) is 39.6 Å². The molecule has 1 aromatic carbocycles. The summed E-state index contributed by atoms with van der Waals surface area (Å²) in [4.78, 5) is 14.1. The van der Waals surface area contributed by atoms with E-state index < -0.39 is 0 Å². The molecular weight excluding hydrogens is 250 g/mol. The van der Waals surface area contributed by atoms with Crippen LogP contribution in [0.2, 0.25) is 0 Å². The van der Waals surface area contributed by atoms with E-state index in [1.54, 1.807) is 0 Å². The molecule has 0 aliphatic carbocycles. The first-order valence-corrected chi connectivity index (χ1v) is 7.41. The van der Waals surface area contributed by atoms with Crippen molar-refractivity contribution < 1.29 is 4.79 Å². The van der Waals surface area contributed by atoms with Crippen molar-refractivity contribution in [1.29, 1.82) is 0 Å². The third-order valence-corrected chi connectivity index (χ3v) is 3.83. The van der Waals surface area contributed by atoms with Crippen LogP contribution in [0.15, 0.2) is 24.3 Å². The van der Waals surface area contributed by atoms with Crippen LogP contribution in [0.25, 0.3) is 0 Å². The van der Waals surface area contributed by atoms with Crippen LogP contribution in [-0.2, 0) is 11.2 Å². The number of amides is 1. The molecule has 1 fully saturated rings. The van der Waals surface area contributed by atoms with Gasteiger partial charge in [-0.3, -0.25) is 4.79 Å². The van der Waals surface area contributed by atoms with Crippen molar-refractivity contribution in [2.45, 2.75) is 19.3 Å². The first-order valence-electron chi connectivity index (χ1n) is 7.41. The molecule has 0 saturated carbocycles. The SMILES string of the molecule is CN(C)c1ccc(CCNC(=O)C2CCCNC2)cc1. The number of anilines is 1. The predicted molar refractivity (Wildman–Crippen MR) is 83.1 cm³/mol. The fourth-order valence-corrected chi connectivity index (χ4v) is 2.51. The minimum atomic E-state index is 0.153. The molecule has 1 aliphatic rings. The topological polar surface area (TPSA) is 44.4 Å². The smallest absolute Gasteiger partial charge is 0.224 e. The van der Waals surface area contributed by atoms with Crippen LogP contribution < -0.4 is 15.5 Å². The Kier molecular flexibility index (Phi) is 5.41. The van der Waals surface area contributed by atoms with Gasteiger partial charge in [0.05, 0.1) is 5.92 Å². The number of nitrogens with zero attached hydrogens (tertiary/aromatic N) is 1. The van der Waals surface area contributed by atoms with Crippen molar-refractivity contribution in [1.82, 2.24) is 10.6 Å². The molecule has 4 nitrogen and oxygen atoms in total. The highest BCUT2D eigenvalue weighted by molar-refractivity contribution is 5.78. The Balaban J connectivity index is 1.73. The highest BCUT2D eigenvalue weighted by atomic mass is 16.1. The molecule has 1 unspecified atom stereocenters. The predicted octanol–water partition coefficient (Wildman–Crippen LogP) is 1.41. The molecule has 2 rings (SSSR count). The third-order valence-electron chi connectivity index (χ3n) is 3.83. The van der Waals surface area contributed by atoms with Crippen LogP contribution in [0.4, 0.5) is 5.69 Å². The molecular formula is C16H25N3O. The van der Waals surface area contributed by atoms with Crippen molar-refractivity contribution in [2.75, 3.05) is 38.6 Å². The molecule has 1 atom stereocenters. The number of hydrogen-bond acceptors (Lipinski definition) is 3. The van der Waals surface area contributed by atoms with E-state index in [0.717, 1.165) is 38.9 Å². The van der Waals surface area contributed by atoms with Gasteiger partial charge < -0.3 is 15.5 Å². The number of piperidine rings is 1. The zero-order valence-electron chi connectivity index (χ0n) is 12.5. The molecule has 1 aromatic rings. The molecule has 20 heavy (non-hydrogen) atoms. The average Bonchev–Trinajstić information content (AvgIpc) is 2.48. The summed E-state index contributed by atoms with van der Waals surface area (Å²) in [6, 6.07) is 8.48. The fraction of sp³-hybridized carbons (Fsp3) is 0.562. The van der Waals surface area contributed by atoms with Crippen molar-refractivity contribution >= 4 is 11.6 Å². The van der Waals surface area contributed by atoms with Gasteiger partial charge in [-0.05, 0) is 43.5 Å². The van der Waals surface area contributed by atoms with Gasteiger partial charge in [0.15, 0.2) is 0 Å². The number of carbonyl (C=O) groups is 1. The monoisotopic (exact) mass is 275 g/mol. The van der Waals surface area contributed by atoms with Crippen LogP contribution >= 0.6 is 0 Å². The minimum absolute atomic E-state index is 0.153. The summed E-state index contributed by atoms with van der Waals surface area (Å²) >= 11 is 0. The third kappa shape index (κ3) is 4.23. The van der Waals surface area contributed by atoms with E-state index >= 15 is 0 Å². The number of nitrogens with one attached hydrogen (secondary N) is 2. The highest BCUT2D eigenvalue weighted by Crippen LogP contribution is 2.13. The summed E-state index contributed by atoms with van der Waals surface area (Å²) in [5.74, 6) is 0.349. The molecule has 0 bridgehead atoms. The molecule has 1 heterocycles. The molecule has 1 aliphatic heterocycles. The Morgan fingerprint density at radius 3 is 2.70 bits per heavy atom. The Bertz CT molecular complexity index is 422. The van der Waals surface area contributed by atoms with Crippen molar-refractivity contribution in [3.8, 4) is 0 Å². The van der Waals surface area contributed by atoms with Gasteiger partial charge in [-0.2, -0.15) is 0 Å². The molecule has 0 aromatic heterocycles. The largest absolute Gasteiger partial charge is 0.378 e. The molecule has 1 amide bonds. The summed E-state index contributed by atoms with van der Waals surface area (Å²) in [6.45, 7) is 2.59. The fourth-order valence-electron chi connectivity index (χ4n) is 2.51. The lowest BCUT2D eigenvalue weighted by Crippen LogP contribution is -2.41. The second kappa shape index (κ2) is 7.29. The first kappa shape index (κ1) is 14.9. The van der Waals surface area contributed by atoms with E-state index in [-0.39, 0.29) is 11.8 Å². The second-order valence-electron chi connectivity index (χ2n) is 5.65. The normalized spacial score (nSPS) is 18.6. The van der Waals surface area contributed by atoms with Gasteiger partial charge in [0.2, 0.25) is 5.91 Å². The van der Waals surface area contributed by atoms with Gasteiger partial charge >= 0.3 is 0 Å². The number of carbonyl (C=O) groups excluding carboxylic acids is 1. The number of rotatable bonds is 5. The maximum Gasteiger partial charge on any atom is 0.224 e. The summed E-state index contributed by atoms with van der Waals surface area (Å²) in [5, 5.41) is 6.32. The quantitative estimate of drug-likeness (QED) is 0.854. The van der Waals surface area contributed by atoms with Gasteiger partial charge in [-0.15, -0.1) is 0 Å². The Morgan fingerprint density at radius 2 is 2.10 bits per heavy atom. The Hall–Kier alpha value is -1.55. The lowest BCUT2D eigenvalue weighted by atomic mass is 9.99. The Morgan fingerprint density at radius 1 is 1.35 bits per heavy atom. The van der Waals surface area contributed by atoms with Crippen LogP contribution in [0, 0.1) is 5.92 Å². The lowest BCUT2D eigenvalue weighted by Gasteiger charge is -2.21. The van der Waals surface area contributed by atoms with Crippen LogP contribution in [0.3, 0.4) is 0 Å². The second-order valence-corrected chi connectivity index (χ2v) is 5.65. The van der Waals surface area contributed by atoms with Crippen molar-refractivity contribution in [2.24, 2.45) is 5.92 Å². The molecule has 0 radical (unpaired) electrons. The molecule has 4 heteroatoms. The average molecular weight is 275 g/mol. The van der Waals surface area contributed by atoms with Crippen molar-refractivity contribution in [3.63, 3.8) is 0 Å². The molecule has 2 N–H and O–H groups in total. The van der Waals surface area contributed by atoms with Gasteiger partial charge in [0.25, 0.3) is 0 Å². The van der Waals surface area contributed by atoms with E-state index in [9.17, 15) is 4.79 Å². The summed E-state index contributed by atoms with van der Waals surface area (Å²) < 4.78 is 0.